The van der Waals surface area contributed by atoms with Gasteiger partial charge in [-0.1, -0.05) is 6.07 Å². The van der Waals surface area contributed by atoms with Gasteiger partial charge in [-0.15, -0.1) is 0 Å². The van der Waals surface area contributed by atoms with Gasteiger partial charge in [0, 0.05) is 19.0 Å². The highest BCUT2D eigenvalue weighted by atomic mass is 19.1. The maximum atomic E-state index is 13.9. The van der Waals surface area contributed by atoms with Crippen LogP contribution in [0, 0.1) is 17.6 Å². The largest absolute Gasteiger partial charge is 0.454 e. The summed E-state index contributed by atoms with van der Waals surface area (Å²) in [6.07, 6.45) is 1.36. The van der Waals surface area contributed by atoms with E-state index >= 15 is 0 Å². The number of fused-ring (bicyclic) bond motifs is 1. The van der Waals surface area contributed by atoms with Crippen LogP contribution in [0.1, 0.15) is 28.8 Å². The zero-order valence-electron chi connectivity index (χ0n) is 15.1. The Morgan fingerprint density at radius 3 is 2.75 bits per heavy atom. The summed E-state index contributed by atoms with van der Waals surface area (Å²) >= 11 is 0. The third-order valence-corrected chi connectivity index (χ3v) is 5.13. The number of hydrogen-bond acceptors (Lipinski definition) is 4. The van der Waals surface area contributed by atoms with E-state index in [1.54, 1.807) is 23.1 Å². The molecule has 5 nitrogen and oxygen atoms in total. The third-order valence-electron chi connectivity index (χ3n) is 5.13. The van der Waals surface area contributed by atoms with Gasteiger partial charge in [-0.05, 0) is 48.7 Å². The number of carbonyl (C=O) groups excluding carboxylic acids is 2. The fourth-order valence-corrected chi connectivity index (χ4v) is 3.66. The Morgan fingerprint density at radius 2 is 1.89 bits per heavy atom. The van der Waals surface area contributed by atoms with Crippen LogP contribution in [-0.2, 0) is 11.2 Å². The molecule has 0 aromatic heterocycles. The van der Waals surface area contributed by atoms with Crippen molar-refractivity contribution in [3.05, 3.63) is 59.2 Å². The van der Waals surface area contributed by atoms with Gasteiger partial charge in [0.2, 0.25) is 12.7 Å². The van der Waals surface area contributed by atoms with Crippen LogP contribution in [0.5, 0.6) is 11.5 Å². The summed E-state index contributed by atoms with van der Waals surface area (Å²) in [7, 11) is 0. The number of benzene rings is 2. The monoisotopic (exact) mass is 387 g/mol. The molecule has 1 unspecified atom stereocenters. The minimum atomic E-state index is -0.741. The molecule has 7 heteroatoms. The Bertz CT molecular complexity index is 931. The Kier molecular flexibility index (Phi) is 4.98. The summed E-state index contributed by atoms with van der Waals surface area (Å²) in [5, 5.41) is 0. The number of Topliss-reactive ketones (excluding diaryl/α,β-unsaturated/α-hetero) is 1. The van der Waals surface area contributed by atoms with Crippen LogP contribution in [0.3, 0.4) is 0 Å². The second kappa shape index (κ2) is 7.58. The van der Waals surface area contributed by atoms with Crippen molar-refractivity contribution in [2.24, 2.45) is 5.92 Å². The third kappa shape index (κ3) is 3.69. The van der Waals surface area contributed by atoms with Gasteiger partial charge >= 0.3 is 0 Å². The summed E-state index contributed by atoms with van der Waals surface area (Å²) in [6, 6.07) is 8.20. The molecule has 1 fully saturated rings. The van der Waals surface area contributed by atoms with E-state index in [9.17, 15) is 18.4 Å². The number of carbonyl (C=O) groups is 2. The lowest BCUT2D eigenvalue weighted by Crippen LogP contribution is -2.43. The minimum Gasteiger partial charge on any atom is -0.454 e. The van der Waals surface area contributed by atoms with Crippen molar-refractivity contribution in [1.82, 2.24) is 4.90 Å². The van der Waals surface area contributed by atoms with E-state index in [0.29, 0.717) is 30.9 Å². The van der Waals surface area contributed by atoms with Crippen molar-refractivity contribution >= 4 is 11.7 Å². The molecule has 28 heavy (non-hydrogen) atoms. The molecule has 2 aromatic rings. The molecule has 2 heterocycles. The quantitative estimate of drug-likeness (QED) is 0.755. The van der Waals surface area contributed by atoms with Gasteiger partial charge in [0.05, 0.1) is 12.0 Å². The number of ketones is 1. The smallest absolute Gasteiger partial charge is 0.231 e. The highest BCUT2D eigenvalue weighted by Gasteiger charge is 2.30. The summed E-state index contributed by atoms with van der Waals surface area (Å²) < 4.78 is 37.9. The Morgan fingerprint density at radius 1 is 1.07 bits per heavy atom. The van der Waals surface area contributed by atoms with E-state index in [0.717, 1.165) is 23.8 Å². The van der Waals surface area contributed by atoms with Gasteiger partial charge in [0.25, 0.3) is 0 Å². The molecule has 2 aromatic carbocycles. The number of ether oxygens (including phenoxy) is 2. The highest BCUT2D eigenvalue weighted by molar-refractivity contribution is 5.98. The zero-order valence-corrected chi connectivity index (χ0v) is 15.1. The van der Waals surface area contributed by atoms with Crippen LogP contribution in [0.25, 0.3) is 0 Å². The van der Waals surface area contributed by atoms with Crippen LogP contribution in [0.4, 0.5) is 8.78 Å². The molecular formula is C21H19F2NO4. The van der Waals surface area contributed by atoms with Gasteiger partial charge < -0.3 is 14.4 Å². The normalized spacial score (nSPS) is 18.2. The number of hydrogen-bond donors (Lipinski definition) is 0. The minimum absolute atomic E-state index is 0.115. The maximum Gasteiger partial charge on any atom is 0.231 e. The van der Waals surface area contributed by atoms with Gasteiger partial charge in [-0.3, -0.25) is 9.59 Å². The number of halogens is 2. The standard InChI is InChI=1S/C21H19F2NO4/c22-15-4-5-17(23)16(10-15)21(26)14-2-1-7-24(11-14)20(25)9-13-3-6-18-19(8-13)28-12-27-18/h3-6,8,10,14H,1-2,7,9,11-12H2. The molecular weight excluding hydrogens is 368 g/mol. The molecule has 1 amide bonds. The van der Waals surface area contributed by atoms with Gasteiger partial charge in [0.1, 0.15) is 11.6 Å². The predicted molar refractivity (Wildman–Crippen MR) is 96.3 cm³/mol. The van der Waals surface area contributed by atoms with Crippen LogP contribution < -0.4 is 9.47 Å². The molecule has 1 saturated heterocycles. The first-order valence-electron chi connectivity index (χ1n) is 9.17. The zero-order chi connectivity index (χ0) is 19.7. The van der Waals surface area contributed by atoms with E-state index in [4.69, 9.17) is 9.47 Å². The van der Waals surface area contributed by atoms with Crippen molar-refractivity contribution in [2.45, 2.75) is 19.3 Å². The Balaban J connectivity index is 1.43. The molecule has 0 radical (unpaired) electrons. The van der Waals surface area contributed by atoms with Crippen molar-refractivity contribution < 1.29 is 27.8 Å². The van der Waals surface area contributed by atoms with E-state index in [1.165, 1.54) is 0 Å². The number of amides is 1. The molecule has 2 aliphatic rings. The summed E-state index contributed by atoms with van der Waals surface area (Å²) in [5.41, 5.74) is 0.536. The maximum absolute atomic E-state index is 13.9. The van der Waals surface area contributed by atoms with E-state index in [1.807, 2.05) is 0 Å². The summed E-state index contributed by atoms with van der Waals surface area (Å²) in [5.74, 6) is -1.25. The summed E-state index contributed by atoms with van der Waals surface area (Å²) in [6.45, 7) is 0.913. The molecule has 146 valence electrons. The fourth-order valence-electron chi connectivity index (χ4n) is 3.66. The number of nitrogens with zero attached hydrogens (tertiary/aromatic N) is 1. The van der Waals surface area contributed by atoms with Gasteiger partial charge in [0.15, 0.2) is 17.3 Å². The van der Waals surface area contributed by atoms with Crippen LogP contribution >= 0.6 is 0 Å². The van der Waals surface area contributed by atoms with Crippen molar-refractivity contribution in [1.29, 1.82) is 0 Å². The fraction of sp³-hybridized carbons (Fsp3) is 0.333. The van der Waals surface area contributed by atoms with Crippen molar-refractivity contribution in [2.75, 3.05) is 19.9 Å². The lowest BCUT2D eigenvalue weighted by Gasteiger charge is -2.32. The Labute approximate surface area is 160 Å². The average Bonchev–Trinajstić information content (AvgIpc) is 3.17. The molecule has 1 atom stereocenters. The molecule has 0 N–H and O–H groups in total. The number of rotatable bonds is 4. The second-order valence-corrected chi connectivity index (χ2v) is 7.03. The first-order valence-corrected chi connectivity index (χ1v) is 9.17. The molecule has 0 aliphatic carbocycles. The SMILES string of the molecule is O=C(c1cc(F)ccc1F)C1CCCN(C(=O)Cc2ccc3c(c2)OCO3)C1. The average molecular weight is 387 g/mol. The molecule has 0 saturated carbocycles. The highest BCUT2D eigenvalue weighted by Crippen LogP contribution is 2.33. The first-order chi connectivity index (χ1) is 13.5. The van der Waals surface area contributed by atoms with Crippen LogP contribution in [-0.4, -0.2) is 36.5 Å². The molecule has 0 spiro atoms. The Hall–Kier alpha value is -2.96. The van der Waals surface area contributed by atoms with Gasteiger partial charge in [-0.25, -0.2) is 8.78 Å². The molecule has 4 rings (SSSR count). The van der Waals surface area contributed by atoms with Gasteiger partial charge in [-0.2, -0.15) is 0 Å². The summed E-state index contributed by atoms with van der Waals surface area (Å²) in [4.78, 5) is 27.0. The lowest BCUT2D eigenvalue weighted by molar-refractivity contribution is -0.131. The van der Waals surface area contributed by atoms with Crippen molar-refractivity contribution in [3.63, 3.8) is 0 Å². The first kappa shape index (κ1) is 18.4. The van der Waals surface area contributed by atoms with E-state index in [2.05, 4.69) is 0 Å². The van der Waals surface area contributed by atoms with Crippen LogP contribution in [0.15, 0.2) is 36.4 Å². The van der Waals surface area contributed by atoms with Crippen molar-refractivity contribution in [3.8, 4) is 11.5 Å². The second-order valence-electron chi connectivity index (χ2n) is 7.03. The lowest BCUT2D eigenvalue weighted by atomic mass is 9.89. The van der Waals surface area contributed by atoms with Crippen LogP contribution in [0.2, 0.25) is 0 Å². The molecule has 2 aliphatic heterocycles. The topological polar surface area (TPSA) is 55.8 Å². The number of likely N-dealkylation sites (tertiary alicyclic amines) is 1. The van der Waals surface area contributed by atoms with E-state index < -0.39 is 23.3 Å². The molecule has 0 bridgehead atoms. The predicted octanol–water partition coefficient (Wildman–Crippen LogP) is 3.36. The van der Waals surface area contributed by atoms with E-state index in [-0.39, 0.29) is 31.2 Å². The number of piperidine rings is 1.